The van der Waals surface area contributed by atoms with Crippen LogP contribution in [0.1, 0.15) is 20.3 Å². The van der Waals surface area contributed by atoms with Gasteiger partial charge in [0.1, 0.15) is 13.2 Å². The Morgan fingerprint density at radius 3 is 2.79 bits per heavy atom. The molecular weight excluding hydrogens is 452 g/mol. The van der Waals surface area contributed by atoms with Crippen LogP contribution in [0.15, 0.2) is 53.8 Å². The highest BCUT2D eigenvalue weighted by Gasteiger charge is 2.29. The van der Waals surface area contributed by atoms with E-state index in [1.165, 1.54) is 11.8 Å². The highest BCUT2D eigenvalue weighted by atomic mass is 32.2. The third-order valence-electron chi connectivity index (χ3n) is 5.93. The van der Waals surface area contributed by atoms with Crippen molar-refractivity contribution in [3.63, 3.8) is 0 Å². The lowest BCUT2D eigenvalue weighted by Crippen LogP contribution is -2.40. The summed E-state index contributed by atoms with van der Waals surface area (Å²) in [5, 5.41) is 3.67. The lowest BCUT2D eigenvalue weighted by atomic mass is 10.1. The number of aromatic nitrogens is 2. The molecule has 2 amide bonds. The lowest BCUT2D eigenvalue weighted by molar-refractivity contribution is -0.117. The largest absolute Gasteiger partial charge is 0.486 e. The number of hydrogen-bond donors (Lipinski definition) is 1. The van der Waals surface area contributed by atoms with Gasteiger partial charge >= 0.3 is 0 Å². The molecule has 1 N–H and O–H groups in total. The number of rotatable bonds is 5. The summed E-state index contributed by atoms with van der Waals surface area (Å²) in [6.07, 6.45) is 2.08. The Labute approximate surface area is 202 Å². The summed E-state index contributed by atoms with van der Waals surface area (Å²) in [6.45, 7) is 5.75. The Kier molecular flexibility index (Phi) is 6.19. The van der Waals surface area contributed by atoms with Crippen LogP contribution in [0.25, 0.3) is 11.3 Å². The van der Waals surface area contributed by atoms with Crippen LogP contribution in [-0.4, -0.2) is 46.4 Å². The average Bonchev–Trinajstić information content (AvgIpc) is 3.20. The third-order valence-corrected chi connectivity index (χ3v) is 6.90. The van der Waals surface area contributed by atoms with Crippen LogP contribution in [0, 0.1) is 0 Å². The second-order valence-corrected chi connectivity index (χ2v) is 9.14. The molecule has 0 radical (unpaired) electrons. The van der Waals surface area contributed by atoms with Gasteiger partial charge in [0.05, 0.1) is 29.0 Å². The van der Waals surface area contributed by atoms with Crippen LogP contribution in [0.2, 0.25) is 0 Å². The minimum absolute atomic E-state index is 0.0621. The van der Waals surface area contributed by atoms with Gasteiger partial charge in [-0.2, -0.15) is 0 Å². The van der Waals surface area contributed by atoms with E-state index in [0.717, 1.165) is 33.6 Å². The zero-order chi connectivity index (χ0) is 23.7. The van der Waals surface area contributed by atoms with Gasteiger partial charge in [0, 0.05) is 24.6 Å². The molecule has 0 aliphatic carbocycles. The van der Waals surface area contributed by atoms with Gasteiger partial charge in [-0.3, -0.25) is 9.59 Å². The Morgan fingerprint density at radius 1 is 1.18 bits per heavy atom. The monoisotopic (exact) mass is 478 g/mol. The summed E-state index contributed by atoms with van der Waals surface area (Å²) < 4.78 is 13.4. The van der Waals surface area contributed by atoms with Crippen molar-refractivity contribution >= 4 is 35.0 Å². The number of amides is 2. The van der Waals surface area contributed by atoms with Gasteiger partial charge in [0.2, 0.25) is 11.8 Å². The molecule has 0 bridgehead atoms. The van der Waals surface area contributed by atoms with Gasteiger partial charge in [-0.25, -0.2) is 4.98 Å². The zero-order valence-electron chi connectivity index (χ0n) is 19.1. The summed E-state index contributed by atoms with van der Waals surface area (Å²) >= 11 is 1.40. The minimum atomic E-state index is -0.240. The first-order valence-corrected chi connectivity index (χ1v) is 12.3. The van der Waals surface area contributed by atoms with Gasteiger partial charge in [0.15, 0.2) is 16.7 Å². The normalized spacial score (nSPS) is 17.1. The minimum Gasteiger partial charge on any atom is -0.486 e. The maximum atomic E-state index is 13.3. The van der Waals surface area contributed by atoms with Gasteiger partial charge in [-0.1, -0.05) is 23.9 Å². The van der Waals surface area contributed by atoms with Crippen LogP contribution >= 0.6 is 11.8 Å². The number of nitrogens with one attached hydrogen (secondary N) is 1. The number of ether oxygens (including phenoxy) is 2. The molecule has 5 rings (SSSR count). The molecule has 0 saturated carbocycles. The maximum absolute atomic E-state index is 13.3. The van der Waals surface area contributed by atoms with E-state index >= 15 is 0 Å². The number of hydrogen-bond acceptors (Lipinski definition) is 6. The molecule has 3 heterocycles. The summed E-state index contributed by atoms with van der Waals surface area (Å²) in [7, 11) is 0. The number of benzene rings is 2. The van der Waals surface area contributed by atoms with Crippen molar-refractivity contribution in [1.82, 2.24) is 9.55 Å². The van der Waals surface area contributed by atoms with E-state index in [4.69, 9.17) is 9.47 Å². The lowest BCUT2D eigenvalue weighted by Gasteiger charge is -2.27. The third kappa shape index (κ3) is 4.23. The maximum Gasteiger partial charge on any atom is 0.237 e. The molecule has 3 aromatic rings. The average molecular weight is 479 g/mol. The first-order valence-electron chi connectivity index (χ1n) is 11.3. The summed E-state index contributed by atoms with van der Waals surface area (Å²) in [6, 6.07) is 13.1. The summed E-state index contributed by atoms with van der Waals surface area (Å²) in [5.74, 6) is 1.54. The number of carbonyl (C=O) groups is 2. The van der Waals surface area contributed by atoms with Crippen LogP contribution in [-0.2, 0) is 16.1 Å². The Hall–Kier alpha value is -3.46. The smallest absolute Gasteiger partial charge is 0.237 e. The summed E-state index contributed by atoms with van der Waals surface area (Å²) in [5.41, 5.74) is 3.32. The predicted octanol–water partition coefficient (Wildman–Crippen LogP) is 4.20. The van der Waals surface area contributed by atoms with Crippen molar-refractivity contribution in [3.05, 3.63) is 48.7 Å². The van der Waals surface area contributed by atoms with Crippen molar-refractivity contribution in [2.75, 3.05) is 29.2 Å². The molecule has 176 valence electrons. The second kappa shape index (κ2) is 9.42. The molecule has 8 nitrogen and oxygen atoms in total. The van der Waals surface area contributed by atoms with Crippen molar-refractivity contribution < 1.29 is 19.1 Å². The van der Waals surface area contributed by atoms with Crippen molar-refractivity contribution in [2.24, 2.45) is 0 Å². The second-order valence-electron chi connectivity index (χ2n) is 8.20. The standard InChI is InChI=1S/C25H26N4O4S/c1-3-28-20(17-8-9-21-22(13-17)33-11-10-32-21)14-26-25(28)34-15-24(31)29-16(2)12-23(30)27-18-6-4-5-7-19(18)29/h4-9,13-14,16H,3,10-12,15H2,1-2H3,(H,27,30)/t16-/m1/s1. The van der Waals surface area contributed by atoms with E-state index in [0.29, 0.717) is 25.4 Å². The number of carbonyl (C=O) groups excluding carboxylic acids is 2. The molecule has 0 fully saturated rings. The van der Waals surface area contributed by atoms with Crippen LogP contribution < -0.4 is 19.7 Å². The molecule has 1 atom stereocenters. The number of fused-ring (bicyclic) bond motifs is 2. The topological polar surface area (TPSA) is 85.7 Å². The van der Waals surface area contributed by atoms with E-state index in [-0.39, 0.29) is 30.0 Å². The highest BCUT2D eigenvalue weighted by molar-refractivity contribution is 7.99. The van der Waals surface area contributed by atoms with Gasteiger partial charge < -0.3 is 24.3 Å². The van der Waals surface area contributed by atoms with E-state index in [1.807, 2.05) is 55.6 Å². The molecule has 0 saturated heterocycles. The molecular formula is C25H26N4O4S. The van der Waals surface area contributed by atoms with Gasteiger partial charge in [0.25, 0.3) is 0 Å². The van der Waals surface area contributed by atoms with Crippen molar-refractivity contribution in [3.8, 4) is 22.8 Å². The number of para-hydroxylation sites is 2. The zero-order valence-corrected chi connectivity index (χ0v) is 19.9. The number of anilines is 2. The fourth-order valence-corrected chi connectivity index (χ4v) is 5.28. The first kappa shape index (κ1) is 22.3. The molecule has 34 heavy (non-hydrogen) atoms. The number of imidazole rings is 1. The van der Waals surface area contributed by atoms with E-state index in [9.17, 15) is 9.59 Å². The van der Waals surface area contributed by atoms with E-state index in [1.54, 1.807) is 4.90 Å². The molecule has 2 aliphatic rings. The van der Waals surface area contributed by atoms with Gasteiger partial charge in [-0.15, -0.1) is 0 Å². The number of nitrogens with zero attached hydrogens (tertiary/aromatic N) is 3. The quantitative estimate of drug-likeness (QED) is 0.554. The Balaban J connectivity index is 1.36. The molecule has 2 aromatic carbocycles. The first-order chi connectivity index (χ1) is 16.5. The fraction of sp³-hybridized carbons (Fsp3) is 0.320. The fourth-order valence-electron chi connectivity index (χ4n) is 4.38. The van der Waals surface area contributed by atoms with Crippen molar-refractivity contribution in [1.29, 1.82) is 0 Å². The molecule has 0 unspecified atom stereocenters. The SMILES string of the molecule is CCn1c(-c2ccc3c(c2)OCCO3)cnc1SCC(=O)N1c2ccccc2NC(=O)C[C@H]1C. The van der Waals surface area contributed by atoms with Gasteiger partial charge in [-0.05, 0) is 44.2 Å². The van der Waals surface area contributed by atoms with Crippen LogP contribution in [0.5, 0.6) is 11.5 Å². The molecule has 2 aliphatic heterocycles. The predicted molar refractivity (Wildman–Crippen MR) is 132 cm³/mol. The van der Waals surface area contributed by atoms with E-state index in [2.05, 4.69) is 21.8 Å². The number of thioether (sulfide) groups is 1. The van der Waals surface area contributed by atoms with Crippen molar-refractivity contribution in [2.45, 2.75) is 38.0 Å². The molecule has 9 heteroatoms. The van der Waals surface area contributed by atoms with Crippen LogP contribution in [0.3, 0.4) is 0 Å². The Bertz CT molecular complexity index is 1240. The summed E-state index contributed by atoms with van der Waals surface area (Å²) in [4.78, 5) is 31.9. The molecule has 1 aromatic heterocycles. The highest BCUT2D eigenvalue weighted by Crippen LogP contribution is 2.36. The molecule has 0 spiro atoms. The Morgan fingerprint density at radius 2 is 1.97 bits per heavy atom. The van der Waals surface area contributed by atoms with Crippen LogP contribution in [0.4, 0.5) is 11.4 Å². The van der Waals surface area contributed by atoms with E-state index < -0.39 is 0 Å².